The molecule has 0 aromatic heterocycles. The molecule has 0 unspecified atom stereocenters. The summed E-state index contributed by atoms with van der Waals surface area (Å²) in [5.74, 6) is 0.899. The molecule has 0 spiro atoms. The van der Waals surface area contributed by atoms with Crippen molar-refractivity contribution in [1.29, 1.82) is 0 Å². The van der Waals surface area contributed by atoms with Crippen LogP contribution in [-0.4, -0.2) is 39.2 Å². The van der Waals surface area contributed by atoms with Crippen LogP contribution in [0.2, 0.25) is 0 Å². The van der Waals surface area contributed by atoms with Crippen LogP contribution >= 0.6 is 0 Å². The van der Waals surface area contributed by atoms with Crippen molar-refractivity contribution in [3.63, 3.8) is 0 Å². The summed E-state index contributed by atoms with van der Waals surface area (Å²) in [5.41, 5.74) is 4.90. The zero-order valence-corrected chi connectivity index (χ0v) is 16.1. The lowest BCUT2D eigenvalue weighted by atomic mass is 10.2. The van der Waals surface area contributed by atoms with E-state index >= 15 is 0 Å². The first-order chi connectivity index (χ1) is 13.6. The maximum Gasteiger partial charge on any atom is 0.276 e. The van der Waals surface area contributed by atoms with E-state index in [0.717, 1.165) is 6.42 Å². The van der Waals surface area contributed by atoms with Gasteiger partial charge in [0.25, 0.3) is 11.8 Å². The Balaban J connectivity index is 1.88. The van der Waals surface area contributed by atoms with Gasteiger partial charge in [-0.25, -0.2) is 0 Å². The van der Waals surface area contributed by atoms with Gasteiger partial charge in [0, 0.05) is 11.6 Å². The Bertz CT molecular complexity index is 787. The maximum atomic E-state index is 12.2. The third kappa shape index (κ3) is 6.08. The molecule has 2 aromatic rings. The number of nitrogens with one attached hydrogen (secondary N) is 2. The van der Waals surface area contributed by atoms with Crippen molar-refractivity contribution in [2.45, 2.75) is 13.3 Å². The second-order valence-electron chi connectivity index (χ2n) is 5.69. The van der Waals surface area contributed by atoms with Crippen molar-refractivity contribution in [1.82, 2.24) is 10.9 Å². The number of hydrogen-bond donors (Lipinski definition) is 2. The Hall–Kier alpha value is -3.42. The second kappa shape index (κ2) is 10.7. The molecular formula is C20H24N2O6. The predicted octanol–water partition coefficient (Wildman–Crippen LogP) is 2.33. The van der Waals surface area contributed by atoms with Gasteiger partial charge in [-0.1, -0.05) is 19.1 Å². The molecule has 0 saturated heterocycles. The number of benzene rings is 2. The predicted molar refractivity (Wildman–Crippen MR) is 103 cm³/mol. The molecule has 0 atom stereocenters. The highest BCUT2D eigenvalue weighted by Gasteiger charge is 2.12. The van der Waals surface area contributed by atoms with Crippen molar-refractivity contribution in [2.75, 3.05) is 27.4 Å². The van der Waals surface area contributed by atoms with E-state index in [9.17, 15) is 9.59 Å². The standard InChI is InChI=1S/C20H24N2O6/c1-4-9-27-17-7-5-6-8-18(17)28-13-19(23)21-22-20(24)14-10-15(25-2)12-16(11-14)26-3/h5-8,10-12H,4,9,13H2,1-3H3,(H,21,23)(H,22,24). The van der Waals surface area contributed by atoms with E-state index < -0.39 is 11.8 Å². The minimum absolute atomic E-state index is 0.274. The van der Waals surface area contributed by atoms with Gasteiger partial charge in [-0.3, -0.25) is 20.4 Å². The van der Waals surface area contributed by atoms with Crippen molar-refractivity contribution in [3.8, 4) is 23.0 Å². The first-order valence-electron chi connectivity index (χ1n) is 8.74. The van der Waals surface area contributed by atoms with Crippen LogP contribution in [-0.2, 0) is 4.79 Å². The number of ether oxygens (including phenoxy) is 4. The van der Waals surface area contributed by atoms with E-state index in [1.807, 2.05) is 13.0 Å². The zero-order chi connectivity index (χ0) is 20.4. The SMILES string of the molecule is CCCOc1ccccc1OCC(=O)NNC(=O)c1cc(OC)cc(OC)c1. The number of hydrazine groups is 1. The van der Waals surface area contributed by atoms with Crippen LogP contribution in [0, 0.1) is 0 Å². The summed E-state index contributed by atoms with van der Waals surface area (Å²) in [6.45, 7) is 2.26. The Labute approximate surface area is 163 Å². The number of methoxy groups -OCH3 is 2. The molecule has 0 saturated carbocycles. The molecule has 2 aromatic carbocycles. The van der Waals surface area contributed by atoms with Crippen LogP contribution in [0.3, 0.4) is 0 Å². The van der Waals surface area contributed by atoms with Crippen LogP contribution in [0.1, 0.15) is 23.7 Å². The second-order valence-corrected chi connectivity index (χ2v) is 5.69. The fourth-order valence-electron chi connectivity index (χ4n) is 2.22. The number of rotatable bonds is 9. The highest BCUT2D eigenvalue weighted by molar-refractivity contribution is 5.96. The number of hydrogen-bond acceptors (Lipinski definition) is 6. The van der Waals surface area contributed by atoms with Gasteiger partial charge in [0.15, 0.2) is 18.1 Å². The molecule has 8 nitrogen and oxygen atoms in total. The average Bonchev–Trinajstić information content (AvgIpc) is 2.74. The Morgan fingerprint density at radius 2 is 1.50 bits per heavy atom. The summed E-state index contributed by atoms with van der Waals surface area (Å²) in [6.07, 6.45) is 0.857. The summed E-state index contributed by atoms with van der Waals surface area (Å²) in [4.78, 5) is 24.2. The molecule has 0 aliphatic heterocycles. The molecule has 150 valence electrons. The summed E-state index contributed by atoms with van der Waals surface area (Å²) in [7, 11) is 2.97. The van der Waals surface area contributed by atoms with Gasteiger partial charge in [-0.05, 0) is 30.7 Å². The maximum absolute atomic E-state index is 12.2. The minimum Gasteiger partial charge on any atom is -0.497 e. The van der Waals surface area contributed by atoms with Gasteiger partial charge in [0.2, 0.25) is 0 Å². The quantitative estimate of drug-likeness (QED) is 0.640. The molecule has 0 bridgehead atoms. The van der Waals surface area contributed by atoms with Gasteiger partial charge in [0.05, 0.1) is 20.8 Å². The zero-order valence-electron chi connectivity index (χ0n) is 16.1. The normalized spacial score (nSPS) is 9.96. The lowest BCUT2D eigenvalue weighted by Gasteiger charge is -2.13. The van der Waals surface area contributed by atoms with Crippen molar-refractivity contribution in [2.24, 2.45) is 0 Å². The molecule has 0 fully saturated rings. The lowest BCUT2D eigenvalue weighted by molar-refractivity contribution is -0.123. The Kier molecular flexibility index (Phi) is 7.95. The summed E-state index contributed by atoms with van der Waals surface area (Å²) < 4.78 is 21.3. The largest absolute Gasteiger partial charge is 0.497 e. The number of carbonyl (C=O) groups excluding carboxylic acids is 2. The number of amides is 2. The van der Waals surface area contributed by atoms with Gasteiger partial charge < -0.3 is 18.9 Å². The van der Waals surface area contributed by atoms with Crippen molar-refractivity contribution >= 4 is 11.8 Å². The van der Waals surface area contributed by atoms with Crippen molar-refractivity contribution < 1.29 is 28.5 Å². The van der Waals surface area contributed by atoms with E-state index in [0.29, 0.717) is 29.6 Å². The fourth-order valence-corrected chi connectivity index (χ4v) is 2.22. The molecule has 0 aliphatic rings. The number of para-hydroxylation sites is 2. The van der Waals surface area contributed by atoms with E-state index in [1.165, 1.54) is 26.4 Å². The molecule has 2 amide bonds. The molecule has 0 aliphatic carbocycles. The van der Waals surface area contributed by atoms with Crippen LogP contribution in [0.4, 0.5) is 0 Å². The Morgan fingerprint density at radius 1 is 0.893 bits per heavy atom. The summed E-state index contributed by atoms with van der Waals surface area (Å²) in [6, 6.07) is 11.8. The van der Waals surface area contributed by atoms with Crippen molar-refractivity contribution in [3.05, 3.63) is 48.0 Å². The third-order valence-corrected chi connectivity index (χ3v) is 3.60. The first-order valence-corrected chi connectivity index (χ1v) is 8.74. The highest BCUT2D eigenvalue weighted by atomic mass is 16.5. The molecule has 2 rings (SSSR count). The Morgan fingerprint density at radius 3 is 2.07 bits per heavy atom. The van der Waals surface area contributed by atoms with E-state index in [4.69, 9.17) is 18.9 Å². The highest BCUT2D eigenvalue weighted by Crippen LogP contribution is 2.26. The summed E-state index contributed by atoms with van der Waals surface area (Å²) in [5, 5.41) is 0. The smallest absolute Gasteiger partial charge is 0.276 e. The molecule has 0 heterocycles. The number of carbonyl (C=O) groups is 2. The third-order valence-electron chi connectivity index (χ3n) is 3.60. The fraction of sp³-hybridized carbons (Fsp3) is 0.300. The van der Waals surface area contributed by atoms with Gasteiger partial charge in [0.1, 0.15) is 11.5 Å². The van der Waals surface area contributed by atoms with Crippen LogP contribution < -0.4 is 29.8 Å². The van der Waals surface area contributed by atoms with Gasteiger partial charge in [-0.15, -0.1) is 0 Å². The first kappa shape index (κ1) is 20.9. The topological polar surface area (TPSA) is 95.1 Å². The monoisotopic (exact) mass is 388 g/mol. The van der Waals surface area contributed by atoms with Crippen LogP contribution in [0.5, 0.6) is 23.0 Å². The van der Waals surface area contributed by atoms with E-state index in [-0.39, 0.29) is 12.2 Å². The van der Waals surface area contributed by atoms with E-state index in [2.05, 4.69) is 10.9 Å². The summed E-state index contributed by atoms with van der Waals surface area (Å²) >= 11 is 0. The molecule has 28 heavy (non-hydrogen) atoms. The molecule has 8 heteroatoms. The molecule has 0 radical (unpaired) electrons. The van der Waals surface area contributed by atoms with Crippen LogP contribution in [0.15, 0.2) is 42.5 Å². The van der Waals surface area contributed by atoms with E-state index in [1.54, 1.807) is 24.3 Å². The van der Waals surface area contributed by atoms with Gasteiger partial charge >= 0.3 is 0 Å². The molecule has 2 N–H and O–H groups in total. The van der Waals surface area contributed by atoms with Crippen LogP contribution in [0.25, 0.3) is 0 Å². The minimum atomic E-state index is -0.520. The molecular weight excluding hydrogens is 364 g/mol. The lowest BCUT2D eigenvalue weighted by Crippen LogP contribution is -2.43. The average molecular weight is 388 g/mol. The van der Waals surface area contributed by atoms with Gasteiger partial charge in [-0.2, -0.15) is 0 Å².